The molecule has 2 heteroatoms. The third-order valence-electron chi connectivity index (χ3n) is 4.31. The maximum atomic E-state index is 11.1. The summed E-state index contributed by atoms with van der Waals surface area (Å²) in [4.78, 5) is 1.17. The minimum absolute atomic E-state index is 0.0223. The number of thioether (sulfide) groups is 1. The Morgan fingerprint density at radius 1 is 1.00 bits per heavy atom. The maximum absolute atomic E-state index is 11.1. The first-order valence-electron chi connectivity index (χ1n) is 9.45. The number of allylic oxidation sites excluding steroid dienone is 4. The minimum Gasteiger partial charge on any atom is -0.389 e. The summed E-state index contributed by atoms with van der Waals surface area (Å²) in [7, 11) is 0. The first-order chi connectivity index (χ1) is 13.0. The molecule has 0 aromatic heterocycles. The van der Waals surface area contributed by atoms with Crippen molar-refractivity contribution < 1.29 is 5.11 Å². The molecule has 27 heavy (non-hydrogen) atoms. The molecule has 0 radical (unpaired) electrons. The SMILES string of the molecule is CC(C)=CCCC(C)(O)C(C=CC=Cc1ccccc1)Sc1ccccc1. The highest BCUT2D eigenvalue weighted by Crippen LogP contribution is 2.34. The average molecular weight is 379 g/mol. The molecule has 2 rings (SSSR count). The molecular weight excluding hydrogens is 348 g/mol. The fourth-order valence-corrected chi connectivity index (χ4v) is 3.86. The summed E-state index contributed by atoms with van der Waals surface area (Å²) >= 11 is 1.71. The van der Waals surface area contributed by atoms with Gasteiger partial charge in [-0.05, 0) is 51.3 Å². The molecule has 0 amide bonds. The standard InChI is InChI=1S/C25H30OS/c1-21(2)13-12-20-25(3,26)24(27-23-17-8-5-9-18-23)19-11-10-16-22-14-6-4-7-15-22/h4-11,13-19,24,26H,12,20H2,1-3H3. The zero-order valence-electron chi connectivity index (χ0n) is 16.5. The van der Waals surface area contributed by atoms with Crippen LogP contribution < -0.4 is 0 Å². The number of aliphatic hydroxyl groups is 1. The molecular formula is C25H30OS. The Balaban J connectivity index is 2.11. The smallest absolute Gasteiger partial charge is 0.0779 e. The Kier molecular flexibility index (Phi) is 8.63. The van der Waals surface area contributed by atoms with E-state index in [4.69, 9.17) is 0 Å². The van der Waals surface area contributed by atoms with Crippen molar-refractivity contribution in [3.8, 4) is 0 Å². The average Bonchev–Trinajstić information content (AvgIpc) is 2.65. The molecule has 1 N–H and O–H groups in total. The largest absolute Gasteiger partial charge is 0.389 e. The highest BCUT2D eigenvalue weighted by atomic mass is 32.2. The van der Waals surface area contributed by atoms with Crippen molar-refractivity contribution in [3.63, 3.8) is 0 Å². The van der Waals surface area contributed by atoms with Crippen LogP contribution in [0.2, 0.25) is 0 Å². The molecule has 0 spiro atoms. The van der Waals surface area contributed by atoms with Gasteiger partial charge in [-0.25, -0.2) is 0 Å². The quantitative estimate of drug-likeness (QED) is 0.290. The van der Waals surface area contributed by atoms with Crippen LogP contribution in [0.25, 0.3) is 6.08 Å². The monoisotopic (exact) mass is 378 g/mol. The number of benzene rings is 2. The van der Waals surface area contributed by atoms with Crippen LogP contribution in [0.5, 0.6) is 0 Å². The van der Waals surface area contributed by atoms with Gasteiger partial charge in [-0.15, -0.1) is 11.8 Å². The number of hydrogen-bond acceptors (Lipinski definition) is 2. The molecule has 0 heterocycles. The second-order valence-corrected chi connectivity index (χ2v) is 8.40. The molecule has 0 saturated carbocycles. The molecule has 2 unspecified atom stereocenters. The first-order valence-corrected chi connectivity index (χ1v) is 10.3. The molecule has 1 nitrogen and oxygen atoms in total. The van der Waals surface area contributed by atoms with Gasteiger partial charge in [-0.2, -0.15) is 0 Å². The van der Waals surface area contributed by atoms with Crippen LogP contribution in [0.4, 0.5) is 0 Å². The van der Waals surface area contributed by atoms with Crippen LogP contribution in [0.1, 0.15) is 39.2 Å². The van der Waals surface area contributed by atoms with Gasteiger partial charge in [0.1, 0.15) is 0 Å². The molecule has 2 atom stereocenters. The van der Waals surface area contributed by atoms with Crippen molar-refractivity contribution in [3.05, 3.63) is 96.1 Å². The van der Waals surface area contributed by atoms with Gasteiger partial charge in [0.2, 0.25) is 0 Å². The van der Waals surface area contributed by atoms with Crippen LogP contribution in [-0.2, 0) is 0 Å². The Hall–Kier alpha value is -2.03. The summed E-state index contributed by atoms with van der Waals surface area (Å²) in [5, 5.41) is 11.1. The van der Waals surface area contributed by atoms with Gasteiger partial charge in [0, 0.05) is 4.90 Å². The lowest BCUT2D eigenvalue weighted by Gasteiger charge is -2.30. The van der Waals surface area contributed by atoms with Gasteiger partial charge in [0.15, 0.2) is 0 Å². The Labute approximate surface area is 168 Å². The van der Waals surface area contributed by atoms with Crippen molar-refractivity contribution in [1.82, 2.24) is 0 Å². The van der Waals surface area contributed by atoms with Crippen LogP contribution in [0.15, 0.2) is 95.4 Å². The van der Waals surface area contributed by atoms with E-state index < -0.39 is 5.60 Å². The summed E-state index contributed by atoms with van der Waals surface area (Å²) in [5.41, 5.74) is 1.67. The molecule has 2 aromatic rings. The van der Waals surface area contributed by atoms with E-state index >= 15 is 0 Å². The summed E-state index contributed by atoms with van der Waals surface area (Å²) in [5.74, 6) is 0. The summed E-state index contributed by atoms with van der Waals surface area (Å²) in [6, 6.07) is 20.5. The van der Waals surface area contributed by atoms with Crippen molar-refractivity contribution >= 4 is 17.8 Å². The van der Waals surface area contributed by atoms with E-state index in [2.05, 4.69) is 56.3 Å². The zero-order chi connectivity index (χ0) is 19.5. The zero-order valence-corrected chi connectivity index (χ0v) is 17.3. The maximum Gasteiger partial charge on any atom is 0.0779 e. The Bertz CT molecular complexity index is 753. The van der Waals surface area contributed by atoms with E-state index in [1.807, 2.05) is 55.5 Å². The normalized spacial score (nSPS) is 15.0. The van der Waals surface area contributed by atoms with Gasteiger partial charge in [-0.3, -0.25) is 0 Å². The molecule has 0 saturated heterocycles. The van der Waals surface area contributed by atoms with E-state index in [9.17, 15) is 5.11 Å². The second-order valence-electron chi connectivity index (χ2n) is 7.18. The molecule has 0 fully saturated rings. The highest BCUT2D eigenvalue weighted by Gasteiger charge is 2.30. The van der Waals surface area contributed by atoms with Crippen molar-refractivity contribution in [1.29, 1.82) is 0 Å². The third kappa shape index (κ3) is 8.03. The lowest BCUT2D eigenvalue weighted by molar-refractivity contribution is 0.0603. The Morgan fingerprint density at radius 3 is 2.26 bits per heavy atom. The van der Waals surface area contributed by atoms with Crippen molar-refractivity contribution in [2.45, 2.75) is 49.4 Å². The highest BCUT2D eigenvalue weighted by molar-refractivity contribution is 8.00. The molecule has 0 aliphatic carbocycles. The van der Waals surface area contributed by atoms with E-state index in [0.29, 0.717) is 0 Å². The molecule has 0 bridgehead atoms. The first kappa shape index (κ1) is 21.3. The predicted octanol–water partition coefficient (Wildman–Crippen LogP) is 6.91. The fraction of sp³-hybridized carbons (Fsp3) is 0.280. The molecule has 142 valence electrons. The van der Waals surface area contributed by atoms with E-state index in [0.717, 1.165) is 12.8 Å². The summed E-state index contributed by atoms with van der Waals surface area (Å²) in [6.45, 7) is 6.14. The van der Waals surface area contributed by atoms with E-state index in [1.165, 1.54) is 16.0 Å². The lowest BCUT2D eigenvalue weighted by atomic mass is 9.94. The van der Waals surface area contributed by atoms with Crippen LogP contribution in [-0.4, -0.2) is 16.0 Å². The van der Waals surface area contributed by atoms with E-state index in [-0.39, 0.29) is 5.25 Å². The fourth-order valence-electron chi connectivity index (χ4n) is 2.71. The summed E-state index contributed by atoms with van der Waals surface area (Å²) in [6.07, 6.45) is 12.1. The second kappa shape index (κ2) is 11.0. The molecule has 0 aliphatic rings. The van der Waals surface area contributed by atoms with Crippen LogP contribution in [0.3, 0.4) is 0 Å². The Morgan fingerprint density at radius 2 is 1.63 bits per heavy atom. The van der Waals surface area contributed by atoms with Gasteiger partial charge in [0.05, 0.1) is 10.9 Å². The van der Waals surface area contributed by atoms with Gasteiger partial charge < -0.3 is 5.11 Å². The molecule has 2 aromatic carbocycles. The minimum atomic E-state index is -0.788. The van der Waals surface area contributed by atoms with Crippen LogP contribution >= 0.6 is 11.8 Å². The van der Waals surface area contributed by atoms with Gasteiger partial charge in [0.25, 0.3) is 0 Å². The number of rotatable bonds is 9. The van der Waals surface area contributed by atoms with Crippen molar-refractivity contribution in [2.75, 3.05) is 0 Å². The topological polar surface area (TPSA) is 20.2 Å². The van der Waals surface area contributed by atoms with E-state index in [1.54, 1.807) is 11.8 Å². The third-order valence-corrected chi connectivity index (χ3v) is 5.77. The lowest BCUT2D eigenvalue weighted by Crippen LogP contribution is -2.35. The van der Waals surface area contributed by atoms with Gasteiger partial charge in [-0.1, -0.05) is 84.5 Å². The molecule has 0 aliphatic heterocycles. The predicted molar refractivity (Wildman–Crippen MR) is 120 cm³/mol. The van der Waals surface area contributed by atoms with Crippen molar-refractivity contribution in [2.24, 2.45) is 0 Å². The van der Waals surface area contributed by atoms with Crippen LogP contribution in [0, 0.1) is 0 Å². The van der Waals surface area contributed by atoms with Gasteiger partial charge >= 0.3 is 0 Å². The summed E-state index contributed by atoms with van der Waals surface area (Å²) < 4.78 is 0. The number of hydrogen-bond donors (Lipinski definition) is 1.